The maximum atomic E-state index is 13.5. The lowest BCUT2D eigenvalue weighted by Crippen LogP contribution is -2.28. The quantitative estimate of drug-likeness (QED) is 0.284. The molecule has 6 rings (SSSR count). The van der Waals surface area contributed by atoms with Crippen molar-refractivity contribution in [2.24, 2.45) is 0 Å². The summed E-state index contributed by atoms with van der Waals surface area (Å²) in [4.78, 5) is 22.7. The number of halogens is 1. The van der Waals surface area contributed by atoms with Crippen molar-refractivity contribution in [2.45, 2.75) is 36.4 Å². The SMILES string of the molecule is O=c1c2cc3c(cc2nc(SCc2nc(-c4ccc(Cl)cc4)no2)n1C[C@H]1CCCO1)OCO3. The van der Waals surface area contributed by atoms with Crippen LogP contribution in [0.5, 0.6) is 11.5 Å². The number of ether oxygens (including phenoxy) is 3. The second-order valence-electron chi connectivity index (χ2n) is 7.98. The Morgan fingerprint density at radius 1 is 1.12 bits per heavy atom. The van der Waals surface area contributed by atoms with Gasteiger partial charge in [-0.3, -0.25) is 9.36 Å². The first-order chi connectivity index (χ1) is 16.6. The van der Waals surface area contributed by atoms with Gasteiger partial charge in [0, 0.05) is 23.3 Å². The molecule has 1 atom stereocenters. The van der Waals surface area contributed by atoms with Crippen LogP contribution < -0.4 is 15.0 Å². The number of hydrogen-bond donors (Lipinski definition) is 0. The van der Waals surface area contributed by atoms with Crippen LogP contribution in [-0.4, -0.2) is 39.2 Å². The summed E-state index contributed by atoms with van der Waals surface area (Å²) >= 11 is 7.32. The third-order valence-electron chi connectivity index (χ3n) is 5.72. The Morgan fingerprint density at radius 2 is 1.94 bits per heavy atom. The molecule has 11 heteroatoms. The van der Waals surface area contributed by atoms with E-state index in [1.807, 2.05) is 12.1 Å². The first-order valence-corrected chi connectivity index (χ1v) is 12.2. The minimum atomic E-state index is -0.145. The van der Waals surface area contributed by atoms with Gasteiger partial charge in [-0.25, -0.2) is 4.98 Å². The molecule has 34 heavy (non-hydrogen) atoms. The number of thioether (sulfide) groups is 1. The van der Waals surface area contributed by atoms with Gasteiger partial charge in [0.1, 0.15) is 0 Å². The van der Waals surface area contributed by atoms with Gasteiger partial charge in [0.15, 0.2) is 16.7 Å². The van der Waals surface area contributed by atoms with E-state index >= 15 is 0 Å². The lowest BCUT2D eigenvalue weighted by atomic mass is 10.2. The van der Waals surface area contributed by atoms with Gasteiger partial charge in [-0.15, -0.1) is 0 Å². The van der Waals surface area contributed by atoms with Crippen molar-refractivity contribution in [3.63, 3.8) is 0 Å². The highest BCUT2D eigenvalue weighted by atomic mass is 35.5. The van der Waals surface area contributed by atoms with Crippen LogP contribution in [0.15, 0.2) is 50.9 Å². The molecule has 0 spiro atoms. The average molecular weight is 499 g/mol. The molecule has 4 heterocycles. The molecule has 9 nitrogen and oxygen atoms in total. The minimum Gasteiger partial charge on any atom is -0.454 e. The summed E-state index contributed by atoms with van der Waals surface area (Å²) < 4.78 is 23.8. The Kier molecular flexibility index (Phi) is 5.64. The summed E-state index contributed by atoms with van der Waals surface area (Å²) in [7, 11) is 0. The first-order valence-electron chi connectivity index (χ1n) is 10.8. The van der Waals surface area contributed by atoms with E-state index in [1.165, 1.54) is 11.8 Å². The zero-order valence-corrected chi connectivity index (χ0v) is 19.5. The van der Waals surface area contributed by atoms with Crippen LogP contribution in [-0.2, 0) is 17.0 Å². The number of benzene rings is 2. The molecule has 2 aliphatic rings. The largest absolute Gasteiger partial charge is 0.454 e. The second kappa shape index (κ2) is 8.94. The van der Waals surface area contributed by atoms with E-state index in [9.17, 15) is 4.79 Å². The lowest BCUT2D eigenvalue weighted by molar-refractivity contribution is 0.0937. The van der Waals surface area contributed by atoms with Crippen molar-refractivity contribution in [3.05, 3.63) is 57.7 Å². The minimum absolute atomic E-state index is 0.0229. The van der Waals surface area contributed by atoms with E-state index < -0.39 is 0 Å². The standard InChI is InChI=1S/C23H19ClN4O5S/c24-14-5-3-13(4-6-14)21-26-20(33-27-21)11-34-23-25-17-9-19-18(31-12-32-19)8-16(17)22(29)28(23)10-15-2-1-7-30-15/h3-6,8-9,15H,1-2,7,10-12H2/t15-/m1/s1. The third kappa shape index (κ3) is 4.13. The van der Waals surface area contributed by atoms with Gasteiger partial charge < -0.3 is 18.7 Å². The molecule has 2 aromatic heterocycles. The van der Waals surface area contributed by atoms with Crippen molar-refractivity contribution < 1.29 is 18.7 Å². The summed E-state index contributed by atoms with van der Waals surface area (Å²) in [5, 5.41) is 5.73. The zero-order valence-electron chi connectivity index (χ0n) is 17.9. The molecule has 2 aromatic carbocycles. The van der Waals surface area contributed by atoms with Gasteiger partial charge in [-0.1, -0.05) is 28.5 Å². The summed E-state index contributed by atoms with van der Waals surface area (Å²) in [6, 6.07) is 10.7. The molecule has 0 unspecified atom stereocenters. The molecular formula is C23H19ClN4O5S. The van der Waals surface area contributed by atoms with Gasteiger partial charge >= 0.3 is 0 Å². The van der Waals surface area contributed by atoms with Crippen molar-refractivity contribution in [1.82, 2.24) is 19.7 Å². The maximum Gasteiger partial charge on any atom is 0.262 e. The smallest absolute Gasteiger partial charge is 0.262 e. The fourth-order valence-corrected chi connectivity index (χ4v) is 4.98. The Balaban J connectivity index is 1.32. The Hall–Kier alpha value is -3.08. The van der Waals surface area contributed by atoms with Crippen LogP contribution in [0, 0.1) is 0 Å². The highest BCUT2D eigenvalue weighted by Gasteiger charge is 2.23. The van der Waals surface area contributed by atoms with Gasteiger partial charge in [-0.2, -0.15) is 4.98 Å². The highest BCUT2D eigenvalue weighted by molar-refractivity contribution is 7.98. The molecule has 4 aromatic rings. The fraction of sp³-hybridized carbons (Fsp3) is 0.304. The van der Waals surface area contributed by atoms with Crippen LogP contribution in [0.4, 0.5) is 0 Å². The second-order valence-corrected chi connectivity index (χ2v) is 9.35. The molecule has 0 bridgehead atoms. The summed E-state index contributed by atoms with van der Waals surface area (Å²) in [5.41, 5.74) is 1.21. The number of aromatic nitrogens is 4. The van der Waals surface area contributed by atoms with Crippen molar-refractivity contribution in [2.75, 3.05) is 13.4 Å². The van der Waals surface area contributed by atoms with Gasteiger partial charge in [0.2, 0.25) is 18.5 Å². The molecule has 1 saturated heterocycles. The highest BCUT2D eigenvalue weighted by Crippen LogP contribution is 2.35. The van der Waals surface area contributed by atoms with Gasteiger partial charge in [0.25, 0.3) is 5.56 Å². The first kappa shape index (κ1) is 21.5. The molecule has 0 radical (unpaired) electrons. The number of hydrogen-bond acceptors (Lipinski definition) is 9. The van der Waals surface area contributed by atoms with E-state index in [-0.39, 0.29) is 18.5 Å². The molecule has 1 fully saturated rings. The Labute approximate surface area is 203 Å². The Bertz CT molecular complexity index is 1420. The van der Waals surface area contributed by atoms with Gasteiger partial charge in [-0.05, 0) is 43.2 Å². The average Bonchev–Trinajstić information content (AvgIpc) is 3.61. The monoisotopic (exact) mass is 498 g/mol. The molecule has 0 N–H and O–H groups in total. The van der Waals surface area contributed by atoms with Crippen molar-refractivity contribution in [1.29, 1.82) is 0 Å². The topological polar surface area (TPSA) is 102 Å². The summed E-state index contributed by atoms with van der Waals surface area (Å²) in [5.74, 6) is 2.39. The predicted molar refractivity (Wildman–Crippen MR) is 125 cm³/mol. The maximum absolute atomic E-state index is 13.5. The normalized spacial score (nSPS) is 17.0. The van der Waals surface area contributed by atoms with Crippen LogP contribution in [0.25, 0.3) is 22.3 Å². The number of nitrogens with zero attached hydrogens (tertiary/aromatic N) is 4. The van der Waals surface area contributed by atoms with E-state index in [2.05, 4.69) is 10.1 Å². The summed E-state index contributed by atoms with van der Waals surface area (Å²) in [6.45, 7) is 1.26. The van der Waals surface area contributed by atoms with Crippen LogP contribution in [0.3, 0.4) is 0 Å². The summed E-state index contributed by atoms with van der Waals surface area (Å²) in [6.07, 6.45) is 1.87. The third-order valence-corrected chi connectivity index (χ3v) is 6.93. The predicted octanol–water partition coefficient (Wildman–Crippen LogP) is 4.30. The molecule has 174 valence electrons. The molecule has 0 saturated carbocycles. The fourth-order valence-electron chi connectivity index (χ4n) is 4.01. The van der Waals surface area contributed by atoms with E-state index in [0.29, 0.717) is 63.2 Å². The molecule has 0 amide bonds. The van der Waals surface area contributed by atoms with Crippen molar-refractivity contribution in [3.8, 4) is 22.9 Å². The number of rotatable bonds is 6. The van der Waals surface area contributed by atoms with Crippen molar-refractivity contribution >= 4 is 34.3 Å². The Morgan fingerprint density at radius 3 is 2.74 bits per heavy atom. The van der Waals surface area contributed by atoms with Crippen LogP contribution in [0.1, 0.15) is 18.7 Å². The van der Waals surface area contributed by atoms with Crippen LogP contribution in [0.2, 0.25) is 5.02 Å². The molecule has 0 aliphatic carbocycles. The van der Waals surface area contributed by atoms with Crippen LogP contribution >= 0.6 is 23.4 Å². The molecular weight excluding hydrogens is 480 g/mol. The molecule has 2 aliphatic heterocycles. The van der Waals surface area contributed by atoms with E-state index in [0.717, 1.165) is 18.4 Å². The van der Waals surface area contributed by atoms with E-state index in [1.54, 1.807) is 28.8 Å². The number of fused-ring (bicyclic) bond motifs is 2. The van der Waals surface area contributed by atoms with Gasteiger partial charge in [0.05, 0.1) is 29.3 Å². The van der Waals surface area contributed by atoms with E-state index in [4.69, 9.17) is 35.3 Å². The zero-order chi connectivity index (χ0) is 23.1. The lowest BCUT2D eigenvalue weighted by Gasteiger charge is -2.16.